The molecule has 0 spiro atoms. The molecular weight excluding hydrogens is 280 g/mol. The van der Waals surface area contributed by atoms with Crippen molar-refractivity contribution in [3.63, 3.8) is 0 Å². The van der Waals surface area contributed by atoms with Gasteiger partial charge in [0.25, 0.3) is 0 Å². The molecule has 0 saturated carbocycles. The molecule has 0 aliphatic rings. The molecule has 5 heteroatoms. The van der Waals surface area contributed by atoms with Crippen molar-refractivity contribution in [3.8, 4) is 0 Å². The van der Waals surface area contributed by atoms with Crippen LogP contribution in [0.1, 0.15) is 61.3 Å². The first-order chi connectivity index (χ1) is 9.91. The van der Waals surface area contributed by atoms with E-state index < -0.39 is 0 Å². The quantitative estimate of drug-likeness (QED) is 0.607. The Balaban J connectivity index is 4.07. The molecule has 0 unspecified atom stereocenters. The number of rotatable bonds is 10. The van der Waals surface area contributed by atoms with Gasteiger partial charge in [-0.1, -0.05) is 20.8 Å². The minimum absolute atomic E-state index is 0.0697. The summed E-state index contributed by atoms with van der Waals surface area (Å²) in [6.45, 7) is 16.5. The van der Waals surface area contributed by atoms with Crippen molar-refractivity contribution in [1.29, 1.82) is 0 Å². The van der Waals surface area contributed by atoms with Crippen LogP contribution in [0.25, 0.3) is 0 Å². The zero-order valence-corrected chi connectivity index (χ0v) is 15.5. The Hall–Kier alpha value is -0.650. The van der Waals surface area contributed by atoms with E-state index in [1.54, 1.807) is 0 Å². The standard InChI is InChI=1S/C17H36N2O3/c1-15(2,3)17(6,7)21-12-9-16(4,5)22-13-14(20)19-11-8-10-18/h8-13,18H2,1-7H3,(H,19,20). The molecule has 0 radical (unpaired) electrons. The summed E-state index contributed by atoms with van der Waals surface area (Å²) in [4.78, 5) is 11.6. The van der Waals surface area contributed by atoms with E-state index in [-0.39, 0.29) is 29.1 Å². The molecule has 0 saturated heterocycles. The fraction of sp³-hybridized carbons (Fsp3) is 0.941. The Morgan fingerprint density at radius 1 is 1.05 bits per heavy atom. The topological polar surface area (TPSA) is 73.6 Å². The van der Waals surface area contributed by atoms with Crippen LogP contribution < -0.4 is 11.1 Å². The molecule has 0 aliphatic carbocycles. The lowest BCUT2D eigenvalue weighted by molar-refractivity contribution is -0.136. The molecule has 0 aromatic carbocycles. The van der Waals surface area contributed by atoms with E-state index in [0.29, 0.717) is 19.7 Å². The predicted molar refractivity (Wildman–Crippen MR) is 90.8 cm³/mol. The maximum atomic E-state index is 11.6. The molecule has 0 atom stereocenters. The first kappa shape index (κ1) is 21.4. The Morgan fingerprint density at radius 2 is 1.64 bits per heavy atom. The van der Waals surface area contributed by atoms with Gasteiger partial charge in [0, 0.05) is 6.54 Å². The van der Waals surface area contributed by atoms with Crippen molar-refractivity contribution in [3.05, 3.63) is 0 Å². The summed E-state index contributed by atoms with van der Waals surface area (Å²) in [7, 11) is 0. The summed E-state index contributed by atoms with van der Waals surface area (Å²) in [5.74, 6) is -0.0996. The van der Waals surface area contributed by atoms with Crippen molar-refractivity contribution >= 4 is 5.91 Å². The summed E-state index contributed by atoms with van der Waals surface area (Å²) in [6.07, 6.45) is 1.52. The lowest BCUT2D eigenvalue weighted by atomic mass is 9.79. The van der Waals surface area contributed by atoms with Crippen molar-refractivity contribution in [2.75, 3.05) is 26.3 Å². The fourth-order valence-electron chi connectivity index (χ4n) is 1.48. The van der Waals surface area contributed by atoms with Crippen molar-refractivity contribution in [1.82, 2.24) is 5.32 Å². The van der Waals surface area contributed by atoms with Gasteiger partial charge in [-0.15, -0.1) is 0 Å². The van der Waals surface area contributed by atoms with E-state index in [0.717, 1.165) is 12.8 Å². The number of amides is 1. The third-order valence-corrected chi connectivity index (χ3v) is 4.27. The Kier molecular flexibility index (Phi) is 8.58. The second-order valence-corrected chi connectivity index (χ2v) is 7.90. The van der Waals surface area contributed by atoms with Crippen molar-refractivity contribution in [2.24, 2.45) is 11.1 Å². The van der Waals surface area contributed by atoms with Crippen LogP contribution in [0.2, 0.25) is 0 Å². The zero-order chi connectivity index (χ0) is 17.4. The second kappa shape index (κ2) is 8.85. The average molecular weight is 316 g/mol. The van der Waals surface area contributed by atoms with E-state index in [1.807, 2.05) is 13.8 Å². The highest BCUT2D eigenvalue weighted by Crippen LogP contribution is 2.33. The number of hydrogen-bond donors (Lipinski definition) is 2. The number of nitrogens with one attached hydrogen (secondary N) is 1. The third-order valence-electron chi connectivity index (χ3n) is 4.27. The first-order valence-electron chi connectivity index (χ1n) is 8.16. The molecular formula is C17H36N2O3. The fourth-order valence-corrected chi connectivity index (χ4v) is 1.48. The monoisotopic (exact) mass is 316 g/mol. The minimum Gasteiger partial charge on any atom is -0.375 e. The van der Waals surface area contributed by atoms with Crippen LogP contribution in [0.4, 0.5) is 0 Å². The van der Waals surface area contributed by atoms with Gasteiger partial charge < -0.3 is 20.5 Å². The Morgan fingerprint density at radius 3 is 2.14 bits per heavy atom. The maximum Gasteiger partial charge on any atom is 0.246 e. The van der Waals surface area contributed by atoms with Crippen LogP contribution in [0.3, 0.4) is 0 Å². The van der Waals surface area contributed by atoms with Gasteiger partial charge in [-0.2, -0.15) is 0 Å². The summed E-state index contributed by atoms with van der Waals surface area (Å²) < 4.78 is 11.7. The van der Waals surface area contributed by atoms with Crippen molar-refractivity contribution < 1.29 is 14.3 Å². The number of carbonyl (C=O) groups is 1. The second-order valence-electron chi connectivity index (χ2n) is 7.90. The molecule has 0 aliphatic heterocycles. The predicted octanol–water partition coefficient (Wildman–Crippen LogP) is 2.48. The first-order valence-corrected chi connectivity index (χ1v) is 8.16. The van der Waals surface area contributed by atoms with Gasteiger partial charge >= 0.3 is 0 Å². The highest BCUT2D eigenvalue weighted by atomic mass is 16.5. The van der Waals surface area contributed by atoms with Crippen molar-refractivity contribution in [2.45, 2.75) is 72.5 Å². The summed E-state index contributed by atoms with van der Waals surface area (Å²) in [5, 5.41) is 2.78. The number of carbonyl (C=O) groups excluding carboxylic acids is 1. The van der Waals surface area contributed by atoms with Crippen LogP contribution in [0.15, 0.2) is 0 Å². The van der Waals surface area contributed by atoms with Gasteiger partial charge in [0.1, 0.15) is 6.61 Å². The van der Waals surface area contributed by atoms with Crippen LogP contribution in [0.5, 0.6) is 0 Å². The molecule has 0 heterocycles. The smallest absolute Gasteiger partial charge is 0.246 e. The molecule has 3 N–H and O–H groups in total. The van der Waals surface area contributed by atoms with Crippen LogP contribution in [0, 0.1) is 5.41 Å². The molecule has 22 heavy (non-hydrogen) atoms. The van der Waals surface area contributed by atoms with Gasteiger partial charge in [-0.25, -0.2) is 0 Å². The molecule has 0 aromatic rings. The van der Waals surface area contributed by atoms with Gasteiger partial charge in [0.15, 0.2) is 0 Å². The average Bonchev–Trinajstić information content (AvgIpc) is 2.35. The maximum absolute atomic E-state index is 11.6. The van der Waals surface area contributed by atoms with Gasteiger partial charge in [-0.3, -0.25) is 4.79 Å². The number of ether oxygens (including phenoxy) is 2. The van der Waals surface area contributed by atoms with Gasteiger partial charge in [-0.05, 0) is 52.5 Å². The van der Waals surface area contributed by atoms with E-state index in [4.69, 9.17) is 15.2 Å². The third kappa shape index (κ3) is 8.71. The number of nitrogens with two attached hydrogens (primary N) is 1. The lowest BCUT2D eigenvalue weighted by Crippen LogP contribution is -2.41. The molecule has 132 valence electrons. The van der Waals surface area contributed by atoms with Gasteiger partial charge in [0.2, 0.25) is 5.91 Å². The van der Waals surface area contributed by atoms with Crippen LogP contribution >= 0.6 is 0 Å². The zero-order valence-electron chi connectivity index (χ0n) is 15.5. The number of hydrogen-bond acceptors (Lipinski definition) is 4. The molecule has 0 fully saturated rings. The summed E-state index contributed by atoms with van der Waals surface area (Å²) >= 11 is 0. The Bertz CT molecular complexity index is 333. The Labute approximate surface area is 136 Å². The molecule has 0 rings (SSSR count). The van der Waals surface area contributed by atoms with Gasteiger partial charge in [0.05, 0.1) is 17.8 Å². The SMILES string of the molecule is CC(C)(CCOC(C)(C)C(C)(C)C)OCC(=O)NCCCN. The lowest BCUT2D eigenvalue weighted by Gasteiger charge is -2.39. The molecule has 1 amide bonds. The summed E-state index contributed by atoms with van der Waals surface area (Å²) in [6, 6.07) is 0. The van der Waals surface area contributed by atoms with Crippen LogP contribution in [-0.2, 0) is 14.3 Å². The normalized spacial score (nSPS) is 13.3. The van der Waals surface area contributed by atoms with E-state index >= 15 is 0 Å². The summed E-state index contributed by atoms with van der Waals surface area (Å²) in [5.41, 5.74) is 4.86. The highest BCUT2D eigenvalue weighted by molar-refractivity contribution is 5.77. The van der Waals surface area contributed by atoms with E-state index in [1.165, 1.54) is 0 Å². The van der Waals surface area contributed by atoms with Crippen LogP contribution in [-0.4, -0.2) is 43.4 Å². The van der Waals surface area contributed by atoms with E-state index in [9.17, 15) is 4.79 Å². The minimum atomic E-state index is -0.390. The highest BCUT2D eigenvalue weighted by Gasteiger charge is 2.34. The largest absolute Gasteiger partial charge is 0.375 e. The molecule has 0 bridgehead atoms. The molecule has 0 aromatic heterocycles. The van der Waals surface area contributed by atoms with E-state index in [2.05, 4.69) is 39.9 Å². The molecule has 5 nitrogen and oxygen atoms in total.